The van der Waals surface area contributed by atoms with Gasteiger partial charge in [0, 0.05) is 13.0 Å². The van der Waals surface area contributed by atoms with Gasteiger partial charge in [-0.2, -0.15) is 0 Å². The van der Waals surface area contributed by atoms with E-state index in [1.165, 1.54) is 35.2 Å². The van der Waals surface area contributed by atoms with E-state index in [1.807, 2.05) is 0 Å². The summed E-state index contributed by atoms with van der Waals surface area (Å²) >= 11 is 0. The molecule has 0 N–H and O–H groups in total. The number of likely N-dealkylation sites (tertiary alicyclic amines) is 1. The first-order valence-corrected chi connectivity index (χ1v) is 10.7. The monoisotopic (exact) mass is 490 g/mol. The van der Waals surface area contributed by atoms with Crippen LogP contribution < -0.4 is 4.74 Å². The Kier molecular flexibility index (Phi) is 6.87. The summed E-state index contributed by atoms with van der Waals surface area (Å²) in [5, 5.41) is 0. The van der Waals surface area contributed by atoms with Crippen molar-refractivity contribution in [1.82, 2.24) is 9.88 Å². The van der Waals surface area contributed by atoms with Gasteiger partial charge in [0.05, 0.1) is 24.4 Å². The first-order valence-electron chi connectivity index (χ1n) is 10.7. The second kappa shape index (κ2) is 9.44. The molecule has 0 bridgehead atoms. The lowest BCUT2D eigenvalue weighted by Crippen LogP contribution is -2.53. The molecule has 3 heterocycles. The Bertz CT molecular complexity index is 1100. The summed E-state index contributed by atoms with van der Waals surface area (Å²) in [6, 6.07) is 8.69. The summed E-state index contributed by atoms with van der Waals surface area (Å²) in [6.45, 7) is 0.811. The normalized spacial score (nSPS) is 23.7. The smallest absolute Gasteiger partial charge is 0.489 e. The van der Waals surface area contributed by atoms with Crippen LogP contribution in [-0.4, -0.2) is 75.8 Å². The Balaban J connectivity index is 1.45. The number of fused-ring (bicyclic) bond motifs is 1. The maximum atomic E-state index is 13.9. The predicted octanol–water partition coefficient (Wildman–Crippen LogP) is 2.55. The number of halogens is 4. The van der Waals surface area contributed by atoms with Gasteiger partial charge in [-0.1, -0.05) is 12.1 Å². The van der Waals surface area contributed by atoms with E-state index in [0.717, 1.165) is 0 Å². The maximum absolute atomic E-state index is 13.9. The van der Waals surface area contributed by atoms with Crippen molar-refractivity contribution in [2.45, 2.75) is 37.0 Å². The van der Waals surface area contributed by atoms with Crippen molar-refractivity contribution in [1.29, 1.82) is 0 Å². The first-order chi connectivity index (χ1) is 16.4. The van der Waals surface area contributed by atoms with Crippen LogP contribution in [0.4, 0.5) is 17.6 Å². The van der Waals surface area contributed by atoms with Gasteiger partial charge in [-0.3, -0.25) is 9.53 Å². The summed E-state index contributed by atoms with van der Waals surface area (Å²) in [6.07, 6.45) is -5.27. The van der Waals surface area contributed by atoms with Gasteiger partial charge in [-0.15, -0.1) is 13.2 Å². The van der Waals surface area contributed by atoms with Crippen LogP contribution in [0.25, 0.3) is 0 Å². The first kappa shape index (κ1) is 25.5. The average molecular weight is 490 g/mol. The fourth-order valence-electron chi connectivity index (χ4n) is 4.30. The van der Waals surface area contributed by atoms with Crippen molar-refractivity contribution in [2.24, 2.45) is 0 Å². The van der Waals surface area contributed by atoms with Gasteiger partial charge < -0.3 is 19.1 Å². The summed E-state index contributed by atoms with van der Waals surface area (Å²) < 4.78 is 70.5. The number of carbonyl (C=O) groups excluding carboxylic acids is 1. The minimum Gasteiger partial charge on any atom is -0.489 e. The Morgan fingerprint density at radius 2 is 2.03 bits per heavy atom. The molecular formula is C22H20B2F4N2O5. The third kappa shape index (κ3) is 5.62. The van der Waals surface area contributed by atoms with E-state index < -0.39 is 42.0 Å². The van der Waals surface area contributed by atoms with Crippen molar-refractivity contribution in [3.05, 3.63) is 59.2 Å². The molecule has 182 valence electrons. The number of pyridine rings is 1. The summed E-state index contributed by atoms with van der Waals surface area (Å²) in [5.74, 6) is -0.654. The van der Waals surface area contributed by atoms with E-state index in [4.69, 9.17) is 29.9 Å². The van der Waals surface area contributed by atoms with Crippen LogP contribution in [0, 0.1) is 12.7 Å². The van der Waals surface area contributed by atoms with Crippen molar-refractivity contribution < 1.29 is 41.3 Å². The number of aryl methyl sites for hydroxylation is 1. The number of alkyl halides is 3. The van der Waals surface area contributed by atoms with E-state index in [1.54, 1.807) is 13.0 Å². The maximum Gasteiger partial charge on any atom is 0.522 e. The van der Waals surface area contributed by atoms with Crippen LogP contribution in [0.3, 0.4) is 0 Å². The number of benzene rings is 1. The molecule has 4 radical (unpaired) electrons. The number of piperidine rings is 1. The second-order valence-electron chi connectivity index (χ2n) is 8.25. The van der Waals surface area contributed by atoms with Gasteiger partial charge in [0.15, 0.2) is 0 Å². The highest BCUT2D eigenvalue weighted by atomic mass is 19.4. The molecule has 2 saturated heterocycles. The van der Waals surface area contributed by atoms with E-state index in [9.17, 15) is 22.4 Å². The van der Waals surface area contributed by atoms with Crippen molar-refractivity contribution in [2.75, 3.05) is 26.3 Å². The Labute approximate surface area is 201 Å². The fraction of sp³-hybridized carbons (Fsp3) is 0.455. The standard InChI is InChI=1S/C22H20B2F4N2O5/c1-13-17(32-9-10-33-22(26,27)28)6-5-16(29-13)19(31)30-8-7-20(14-3-2-4-15(25)11-14)18(12-30)34-21(23,24)35-20/h2-6,11,18H,7-10,12H2,1H3/t18?,20-/m1/s1. The quantitative estimate of drug-likeness (QED) is 0.353. The number of amides is 1. The van der Waals surface area contributed by atoms with E-state index in [0.29, 0.717) is 11.3 Å². The SMILES string of the molecule is [B]C1([B])OC2CN(C(=O)c3ccc(OCCOC(F)(F)F)c(C)n3)CC[C@]2(c2cccc(F)c2)O1. The molecule has 1 aromatic heterocycles. The number of ether oxygens (including phenoxy) is 4. The van der Waals surface area contributed by atoms with Gasteiger partial charge in [0.25, 0.3) is 5.91 Å². The fourth-order valence-corrected chi connectivity index (χ4v) is 4.30. The molecule has 1 unspecified atom stereocenters. The molecule has 0 spiro atoms. The predicted molar refractivity (Wildman–Crippen MR) is 115 cm³/mol. The molecule has 2 aliphatic rings. The Morgan fingerprint density at radius 3 is 2.71 bits per heavy atom. The van der Waals surface area contributed by atoms with Crippen LogP contribution in [-0.2, 0) is 19.8 Å². The van der Waals surface area contributed by atoms with Crippen LogP contribution in [0.15, 0.2) is 36.4 Å². The Hall–Kier alpha value is -2.63. The zero-order valence-corrected chi connectivity index (χ0v) is 18.7. The van der Waals surface area contributed by atoms with Crippen molar-refractivity contribution >= 4 is 21.6 Å². The lowest BCUT2D eigenvalue weighted by molar-refractivity contribution is -0.325. The number of hydrogen-bond acceptors (Lipinski definition) is 6. The molecule has 1 amide bonds. The average Bonchev–Trinajstić information content (AvgIpc) is 3.06. The topological polar surface area (TPSA) is 70.1 Å². The van der Waals surface area contributed by atoms with E-state index >= 15 is 0 Å². The molecule has 4 rings (SSSR count). The van der Waals surface area contributed by atoms with Gasteiger partial charge >= 0.3 is 6.36 Å². The molecule has 7 nitrogen and oxygen atoms in total. The third-order valence-corrected chi connectivity index (χ3v) is 5.79. The van der Waals surface area contributed by atoms with Crippen LogP contribution in [0.2, 0.25) is 0 Å². The number of aromatic nitrogens is 1. The molecule has 1 aromatic carbocycles. The van der Waals surface area contributed by atoms with Crippen LogP contribution in [0.1, 0.15) is 28.2 Å². The molecule has 2 aliphatic heterocycles. The summed E-state index contributed by atoms with van der Waals surface area (Å²) in [7, 11) is 11.8. The van der Waals surface area contributed by atoms with Crippen LogP contribution in [0.5, 0.6) is 5.75 Å². The molecule has 35 heavy (non-hydrogen) atoms. The highest BCUT2D eigenvalue weighted by molar-refractivity contribution is 6.38. The number of rotatable bonds is 6. The minimum absolute atomic E-state index is 0.0548. The van der Waals surface area contributed by atoms with Crippen molar-refractivity contribution in [3.63, 3.8) is 0 Å². The van der Waals surface area contributed by atoms with Gasteiger partial charge in [-0.25, -0.2) is 9.37 Å². The summed E-state index contributed by atoms with van der Waals surface area (Å²) in [5.41, 5.74) is -2.14. The zero-order valence-electron chi connectivity index (χ0n) is 18.7. The second-order valence-corrected chi connectivity index (χ2v) is 8.25. The molecule has 0 saturated carbocycles. The highest BCUT2D eigenvalue weighted by Gasteiger charge is 2.56. The number of nitrogens with zero attached hydrogens (tertiary/aromatic N) is 2. The highest BCUT2D eigenvalue weighted by Crippen LogP contribution is 2.47. The van der Waals surface area contributed by atoms with Crippen LogP contribution >= 0.6 is 0 Å². The van der Waals surface area contributed by atoms with E-state index in [2.05, 4.69) is 9.72 Å². The van der Waals surface area contributed by atoms with Gasteiger partial charge in [0.2, 0.25) is 0 Å². The molecule has 2 atom stereocenters. The van der Waals surface area contributed by atoms with E-state index in [-0.39, 0.29) is 37.6 Å². The lowest BCUT2D eigenvalue weighted by Gasteiger charge is -2.42. The third-order valence-electron chi connectivity index (χ3n) is 5.79. The number of hydrogen-bond donors (Lipinski definition) is 0. The summed E-state index contributed by atoms with van der Waals surface area (Å²) in [4.78, 5) is 18.9. The molecule has 13 heteroatoms. The number of carbonyl (C=O) groups is 1. The molecule has 2 fully saturated rings. The Morgan fingerprint density at radius 1 is 1.26 bits per heavy atom. The largest absolute Gasteiger partial charge is 0.522 e. The zero-order chi connectivity index (χ0) is 25.4. The molecule has 2 aromatic rings. The minimum atomic E-state index is -4.74. The lowest BCUT2D eigenvalue weighted by atomic mass is 9.76. The van der Waals surface area contributed by atoms with Crippen molar-refractivity contribution in [3.8, 4) is 5.75 Å². The van der Waals surface area contributed by atoms with Gasteiger partial charge in [0.1, 0.15) is 51.3 Å². The molecule has 0 aliphatic carbocycles. The van der Waals surface area contributed by atoms with Gasteiger partial charge in [-0.05, 0) is 36.8 Å². The molecular weight excluding hydrogens is 470 g/mol.